The monoisotopic (exact) mass is 491 g/mol. The Morgan fingerprint density at radius 1 is 1.03 bits per heavy atom. The minimum atomic E-state index is -0.688. The highest BCUT2D eigenvalue weighted by atomic mass is 16.5. The molecule has 4 rings (SSSR count). The number of hydrogen-bond acceptors (Lipinski definition) is 7. The number of benzene rings is 2. The Bertz CT molecular complexity index is 1140. The highest BCUT2D eigenvalue weighted by Gasteiger charge is 2.30. The fourth-order valence-electron chi connectivity index (χ4n) is 4.20. The fraction of sp³-hybridized carbons (Fsp3) is 0.407. The van der Waals surface area contributed by atoms with E-state index in [9.17, 15) is 9.59 Å². The van der Waals surface area contributed by atoms with Gasteiger partial charge in [0.25, 0.3) is 0 Å². The number of aromatic nitrogens is 2. The molecule has 1 saturated heterocycles. The highest BCUT2D eigenvalue weighted by Crippen LogP contribution is 2.21. The van der Waals surface area contributed by atoms with Crippen molar-refractivity contribution in [3.8, 4) is 17.1 Å². The van der Waals surface area contributed by atoms with Crippen LogP contribution in [0.4, 0.5) is 0 Å². The lowest BCUT2D eigenvalue weighted by atomic mass is 10.0. The van der Waals surface area contributed by atoms with Crippen LogP contribution in [0.15, 0.2) is 59.1 Å². The van der Waals surface area contributed by atoms with Crippen molar-refractivity contribution >= 4 is 11.8 Å². The molecule has 0 saturated carbocycles. The maximum Gasteiger partial charge on any atom is 0.249 e. The van der Waals surface area contributed by atoms with Gasteiger partial charge in [-0.05, 0) is 35.7 Å². The first kappa shape index (κ1) is 25.4. The third-order valence-corrected chi connectivity index (χ3v) is 6.14. The second kappa shape index (κ2) is 11.8. The van der Waals surface area contributed by atoms with Crippen LogP contribution in [0, 0.1) is 5.92 Å². The number of piperazine rings is 1. The van der Waals surface area contributed by atoms with Gasteiger partial charge in [-0.2, -0.15) is 4.98 Å². The van der Waals surface area contributed by atoms with Gasteiger partial charge in [0.2, 0.25) is 23.5 Å². The Morgan fingerprint density at radius 2 is 1.72 bits per heavy atom. The number of hydrogen-bond donors (Lipinski definition) is 1. The minimum Gasteiger partial charge on any atom is -0.497 e. The molecule has 1 fully saturated rings. The fourth-order valence-corrected chi connectivity index (χ4v) is 4.20. The SMILES string of the molecule is COc1ccc(-c2noc(CN3CCN(C(=O)C(NC(=O)CC(C)C)c4ccccc4)CC3)n2)cc1. The predicted octanol–water partition coefficient (Wildman–Crippen LogP) is 3.29. The maximum absolute atomic E-state index is 13.4. The van der Waals surface area contributed by atoms with Crippen LogP contribution in [0.2, 0.25) is 0 Å². The Morgan fingerprint density at radius 3 is 2.36 bits per heavy atom. The standard InChI is InChI=1S/C27H33N5O4/c1-19(2)17-23(33)28-25(20-7-5-4-6-8-20)27(34)32-15-13-31(14-16-32)18-24-29-26(30-36-24)21-9-11-22(35-3)12-10-21/h4-12,19,25H,13-18H2,1-3H3,(H,28,33). The van der Waals surface area contributed by atoms with Gasteiger partial charge in [0, 0.05) is 38.2 Å². The molecule has 9 heteroatoms. The molecule has 190 valence electrons. The lowest BCUT2D eigenvalue weighted by molar-refractivity contribution is -0.138. The van der Waals surface area contributed by atoms with Gasteiger partial charge in [0.15, 0.2) is 0 Å². The first-order valence-electron chi connectivity index (χ1n) is 12.3. The van der Waals surface area contributed by atoms with Crippen LogP contribution in [0.1, 0.15) is 37.8 Å². The number of methoxy groups -OCH3 is 1. The second-order valence-electron chi connectivity index (χ2n) is 9.35. The van der Waals surface area contributed by atoms with Crippen LogP contribution in [0.25, 0.3) is 11.4 Å². The first-order chi connectivity index (χ1) is 17.4. The summed E-state index contributed by atoms with van der Waals surface area (Å²) in [6.07, 6.45) is 0.382. The molecule has 0 aliphatic carbocycles. The van der Waals surface area contributed by atoms with Crippen LogP contribution in [-0.4, -0.2) is 65.0 Å². The van der Waals surface area contributed by atoms with Gasteiger partial charge >= 0.3 is 0 Å². The predicted molar refractivity (Wildman–Crippen MR) is 135 cm³/mol. The largest absolute Gasteiger partial charge is 0.497 e. The van der Waals surface area contributed by atoms with E-state index in [1.807, 2.05) is 73.3 Å². The van der Waals surface area contributed by atoms with E-state index in [1.165, 1.54) is 0 Å². The van der Waals surface area contributed by atoms with E-state index in [4.69, 9.17) is 9.26 Å². The lowest BCUT2D eigenvalue weighted by Gasteiger charge is -2.36. The molecule has 1 unspecified atom stereocenters. The summed E-state index contributed by atoms with van der Waals surface area (Å²) >= 11 is 0. The van der Waals surface area contributed by atoms with Gasteiger partial charge in [0.1, 0.15) is 11.8 Å². The van der Waals surface area contributed by atoms with E-state index in [-0.39, 0.29) is 17.7 Å². The van der Waals surface area contributed by atoms with Crippen LogP contribution >= 0.6 is 0 Å². The summed E-state index contributed by atoms with van der Waals surface area (Å²) in [5, 5.41) is 7.05. The number of carbonyl (C=O) groups excluding carboxylic acids is 2. The van der Waals surface area contributed by atoms with Crippen molar-refractivity contribution < 1.29 is 18.8 Å². The molecule has 36 heavy (non-hydrogen) atoms. The van der Waals surface area contributed by atoms with E-state index in [1.54, 1.807) is 7.11 Å². The van der Waals surface area contributed by atoms with Crippen molar-refractivity contribution in [3.05, 3.63) is 66.1 Å². The van der Waals surface area contributed by atoms with Crippen molar-refractivity contribution in [2.75, 3.05) is 33.3 Å². The molecule has 2 amide bonds. The number of nitrogens with one attached hydrogen (secondary N) is 1. The molecule has 0 bridgehead atoms. The van der Waals surface area contributed by atoms with E-state index >= 15 is 0 Å². The zero-order chi connectivity index (χ0) is 25.5. The molecule has 1 aliphatic rings. The summed E-state index contributed by atoms with van der Waals surface area (Å²) in [6, 6.07) is 16.2. The van der Waals surface area contributed by atoms with Gasteiger partial charge in [-0.25, -0.2) is 0 Å². The van der Waals surface area contributed by atoms with Crippen LogP contribution in [0.3, 0.4) is 0 Å². The molecule has 1 N–H and O–H groups in total. The molecule has 9 nitrogen and oxygen atoms in total. The van der Waals surface area contributed by atoms with E-state index in [0.29, 0.717) is 50.9 Å². The number of rotatable bonds is 9. The topological polar surface area (TPSA) is 101 Å². The molecule has 0 radical (unpaired) electrons. The van der Waals surface area contributed by atoms with Crippen molar-refractivity contribution in [2.45, 2.75) is 32.9 Å². The van der Waals surface area contributed by atoms with Crippen molar-refractivity contribution in [3.63, 3.8) is 0 Å². The van der Waals surface area contributed by atoms with E-state index in [2.05, 4.69) is 20.4 Å². The number of nitrogens with zero attached hydrogens (tertiary/aromatic N) is 4. The van der Waals surface area contributed by atoms with Crippen molar-refractivity contribution in [1.29, 1.82) is 0 Å². The third-order valence-electron chi connectivity index (χ3n) is 6.14. The van der Waals surface area contributed by atoms with Gasteiger partial charge in [-0.1, -0.05) is 49.3 Å². The molecule has 1 aliphatic heterocycles. The zero-order valence-electron chi connectivity index (χ0n) is 21.0. The van der Waals surface area contributed by atoms with Gasteiger partial charge in [0.05, 0.1) is 13.7 Å². The molecule has 2 aromatic carbocycles. The van der Waals surface area contributed by atoms with Crippen molar-refractivity contribution in [1.82, 2.24) is 25.3 Å². The molecular formula is C27H33N5O4. The normalized spacial score (nSPS) is 15.1. The van der Waals surface area contributed by atoms with Crippen LogP contribution in [-0.2, 0) is 16.1 Å². The summed E-state index contributed by atoms with van der Waals surface area (Å²) in [5.41, 5.74) is 1.65. The number of amides is 2. The molecule has 0 spiro atoms. The Labute approximate surface area is 211 Å². The average Bonchev–Trinajstić information content (AvgIpc) is 3.36. The zero-order valence-corrected chi connectivity index (χ0v) is 21.0. The third kappa shape index (κ3) is 6.48. The first-order valence-corrected chi connectivity index (χ1v) is 12.3. The molecule has 1 atom stereocenters. The quantitative estimate of drug-likeness (QED) is 0.490. The molecule has 1 aromatic heterocycles. The van der Waals surface area contributed by atoms with E-state index in [0.717, 1.165) is 16.9 Å². The number of ether oxygens (including phenoxy) is 1. The summed E-state index contributed by atoms with van der Waals surface area (Å²) in [5.74, 6) is 1.85. The minimum absolute atomic E-state index is 0.0856. The van der Waals surface area contributed by atoms with Gasteiger partial charge in [-0.3, -0.25) is 14.5 Å². The van der Waals surface area contributed by atoms with Crippen molar-refractivity contribution in [2.24, 2.45) is 5.92 Å². The Kier molecular flexibility index (Phi) is 8.32. The maximum atomic E-state index is 13.4. The van der Waals surface area contributed by atoms with Crippen LogP contribution < -0.4 is 10.1 Å². The van der Waals surface area contributed by atoms with Crippen LogP contribution in [0.5, 0.6) is 5.75 Å². The molecule has 2 heterocycles. The average molecular weight is 492 g/mol. The van der Waals surface area contributed by atoms with E-state index < -0.39 is 6.04 Å². The summed E-state index contributed by atoms with van der Waals surface area (Å²) in [4.78, 5) is 34.5. The Hall–Kier alpha value is -3.72. The second-order valence-corrected chi connectivity index (χ2v) is 9.35. The summed E-state index contributed by atoms with van der Waals surface area (Å²) in [6.45, 7) is 6.95. The Balaban J connectivity index is 1.35. The van der Waals surface area contributed by atoms with Gasteiger partial charge in [-0.15, -0.1) is 0 Å². The lowest BCUT2D eigenvalue weighted by Crippen LogP contribution is -2.51. The smallest absolute Gasteiger partial charge is 0.249 e. The highest BCUT2D eigenvalue weighted by molar-refractivity contribution is 5.88. The molecular weight excluding hydrogens is 458 g/mol. The molecule has 3 aromatic rings. The number of carbonyl (C=O) groups is 2. The summed E-state index contributed by atoms with van der Waals surface area (Å²) < 4.78 is 10.7. The van der Waals surface area contributed by atoms with Gasteiger partial charge < -0.3 is 19.5 Å². The summed E-state index contributed by atoms with van der Waals surface area (Å²) in [7, 11) is 1.62.